The first-order chi connectivity index (χ1) is 8.42. The zero-order valence-electron chi connectivity index (χ0n) is 11.2. The second kappa shape index (κ2) is 6.86. The average Bonchev–Trinajstić information content (AvgIpc) is 2.62. The van der Waals surface area contributed by atoms with E-state index >= 15 is 0 Å². The minimum Gasteiger partial charge on any atom is -0.311 e. The minimum atomic E-state index is -3.06. The number of sulfonamides is 1. The lowest BCUT2D eigenvalue weighted by molar-refractivity contribution is 0.562. The third kappa shape index (κ3) is 5.61. The number of aromatic nitrogens is 2. The first-order valence-electron chi connectivity index (χ1n) is 6.11. The molecular formula is C11H22N4O2S. The normalized spacial score (nSPS) is 11.9. The molecule has 0 aliphatic heterocycles. The van der Waals surface area contributed by atoms with Crippen LogP contribution in [0.4, 0.5) is 0 Å². The van der Waals surface area contributed by atoms with Crippen molar-refractivity contribution in [2.45, 2.75) is 33.4 Å². The van der Waals surface area contributed by atoms with E-state index < -0.39 is 10.0 Å². The van der Waals surface area contributed by atoms with E-state index in [1.165, 1.54) is 6.26 Å². The summed E-state index contributed by atoms with van der Waals surface area (Å²) in [5.41, 5.74) is 2.18. The summed E-state index contributed by atoms with van der Waals surface area (Å²) >= 11 is 0. The second-order valence-corrected chi connectivity index (χ2v) is 6.12. The molecule has 104 valence electrons. The van der Waals surface area contributed by atoms with Crippen LogP contribution in [0, 0.1) is 6.92 Å². The van der Waals surface area contributed by atoms with Gasteiger partial charge in [-0.25, -0.2) is 13.1 Å². The molecule has 0 saturated carbocycles. The van der Waals surface area contributed by atoms with E-state index in [4.69, 9.17) is 0 Å². The quantitative estimate of drug-likeness (QED) is 0.666. The number of hydrogen-bond acceptors (Lipinski definition) is 4. The maximum absolute atomic E-state index is 10.8. The van der Waals surface area contributed by atoms with Gasteiger partial charge in [-0.2, -0.15) is 5.10 Å². The second-order valence-electron chi connectivity index (χ2n) is 4.29. The number of nitrogens with one attached hydrogen (secondary N) is 2. The highest BCUT2D eigenvalue weighted by Crippen LogP contribution is 2.02. The van der Waals surface area contributed by atoms with Crippen LogP contribution in [0.2, 0.25) is 0 Å². The third-order valence-corrected chi connectivity index (χ3v) is 3.21. The lowest BCUT2D eigenvalue weighted by Crippen LogP contribution is -2.26. The first-order valence-corrected chi connectivity index (χ1v) is 8.00. The molecule has 0 aliphatic carbocycles. The largest absolute Gasteiger partial charge is 0.311 e. The zero-order valence-corrected chi connectivity index (χ0v) is 12.0. The van der Waals surface area contributed by atoms with E-state index in [1.54, 1.807) is 0 Å². The van der Waals surface area contributed by atoms with Gasteiger partial charge < -0.3 is 5.32 Å². The van der Waals surface area contributed by atoms with Gasteiger partial charge in [-0.3, -0.25) is 4.68 Å². The van der Waals surface area contributed by atoms with Gasteiger partial charge in [-0.05, 0) is 32.9 Å². The lowest BCUT2D eigenvalue weighted by Gasteiger charge is -2.07. The monoisotopic (exact) mass is 274 g/mol. The van der Waals surface area contributed by atoms with Crippen LogP contribution in [0.1, 0.15) is 24.7 Å². The van der Waals surface area contributed by atoms with E-state index in [-0.39, 0.29) is 0 Å². The van der Waals surface area contributed by atoms with Crippen molar-refractivity contribution in [3.05, 3.63) is 17.5 Å². The van der Waals surface area contributed by atoms with Crippen molar-refractivity contribution >= 4 is 10.0 Å². The molecule has 2 N–H and O–H groups in total. The third-order valence-electron chi connectivity index (χ3n) is 2.49. The predicted molar refractivity (Wildman–Crippen MR) is 71.8 cm³/mol. The average molecular weight is 274 g/mol. The highest BCUT2D eigenvalue weighted by Gasteiger charge is 2.03. The summed E-state index contributed by atoms with van der Waals surface area (Å²) in [7, 11) is -3.06. The van der Waals surface area contributed by atoms with Gasteiger partial charge in [0.1, 0.15) is 0 Å². The highest BCUT2D eigenvalue weighted by molar-refractivity contribution is 7.88. The fourth-order valence-corrected chi connectivity index (χ4v) is 2.22. The smallest absolute Gasteiger partial charge is 0.208 e. The van der Waals surface area contributed by atoms with E-state index in [2.05, 4.69) is 28.1 Å². The molecule has 7 heteroatoms. The van der Waals surface area contributed by atoms with Gasteiger partial charge >= 0.3 is 0 Å². The Balaban J connectivity index is 2.21. The van der Waals surface area contributed by atoms with Gasteiger partial charge in [0.15, 0.2) is 0 Å². The lowest BCUT2D eigenvalue weighted by atomic mass is 10.3. The first kappa shape index (κ1) is 15.1. The van der Waals surface area contributed by atoms with E-state index in [0.29, 0.717) is 6.54 Å². The number of nitrogens with zero attached hydrogens (tertiary/aromatic N) is 2. The maximum atomic E-state index is 10.8. The summed E-state index contributed by atoms with van der Waals surface area (Å²) in [5, 5.41) is 7.64. The van der Waals surface area contributed by atoms with Gasteiger partial charge in [0, 0.05) is 19.6 Å². The molecule has 0 radical (unpaired) electrons. The molecule has 18 heavy (non-hydrogen) atoms. The van der Waals surface area contributed by atoms with E-state index in [1.807, 2.05) is 11.6 Å². The summed E-state index contributed by atoms with van der Waals surface area (Å²) in [4.78, 5) is 0. The minimum absolute atomic E-state index is 0.470. The van der Waals surface area contributed by atoms with Crippen LogP contribution >= 0.6 is 0 Å². The molecule has 0 saturated heterocycles. The Morgan fingerprint density at radius 2 is 2.11 bits per heavy atom. The molecule has 6 nitrogen and oxygen atoms in total. The molecule has 0 unspecified atom stereocenters. The maximum Gasteiger partial charge on any atom is 0.208 e. The highest BCUT2D eigenvalue weighted by atomic mass is 32.2. The van der Waals surface area contributed by atoms with Crippen LogP contribution in [-0.4, -0.2) is 37.5 Å². The van der Waals surface area contributed by atoms with Crippen LogP contribution < -0.4 is 10.0 Å². The molecule has 0 spiro atoms. The molecule has 1 aromatic heterocycles. The molecule has 1 rings (SSSR count). The Labute approximate surface area is 109 Å². The van der Waals surface area contributed by atoms with Gasteiger partial charge in [0.25, 0.3) is 0 Å². The summed E-state index contributed by atoms with van der Waals surface area (Å²) in [6, 6.07) is 2.06. The van der Waals surface area contributed by atoms with E-state index in [0.717, 1.165) is 37.4 Å². The topological polar surface area (TPSA) is 76.0 Å². The van der Waals surface area contributed by atoms with Crippen molar-refractivity contribution in [3.8, 4) is 0 Å². The summed E-state index contributed by atoms with van der Waals surface area (Å²) in [5.74, 6) is 0. The van der Waals surface area contributed by atoms with Crippen molar-refractivity contribution in [1.29, 1.82) is 0 Å². The molecule has 1 heterocycles. The molecule has 0 aliphatic rings. The van der Waals surface area contributed by atoms with Crippen LogP contribution in [0.3, 0.4) is 0 Å². The van der Waals surface area contributed by atoms with Crippen molar-refractivity contribution in [1.82, 2.24) is 19.8 Å². The summed E-state index contributed by atoms with van der Waals surface area (Å²) in [6.45, 7) is 6.90. The van der Waals surface area contributed by atoms with Gasteiger partial charge in [-0.15, -0.1) is 0 Å². The van der Waals surface area contributed by atoms with Crippen LogP contribution in [0.15, 0.2) is 6.07 Å². The van der Waals surface area contributed by atoms with Crippen LogP contribution in [0.5, 0.6) is 0 Å². The van der Waals surface area contributed by atoms with E-state index in [9.17, 15) is 8.42 Å². The molecule has 0 fully saturated rings. The number of rotatable bonds is 8. The number of hydrogen-bond donors (Lipinski definition) is 2. The standard InChI is InChI=1S/C11H22N4O2S/c1-4-15-11(8-10(2)14-15)9-12-6-5-7-13-18(3,16)17/h8,12-13H,4-7,9H2,1-3H3. The Hall–Kier alpha value is -0.920. The van der Waals surface area contributed by atoms with Gasteiger partial charge in [0.05, 0.1) is 17.6 Å². The van der Waals surface area contributed by atoms with Crippen molar-refractivity contribution < 1.29 is 8.42 Å². The SMILES string of the molecule is CCn1nc(C)cc1CNCCCNS(C)(=O)=O. The Kier molecular flexibility index (Phi) is 5.77. The summed E-state index contributed by atoms with van der Waals surface area (Å²) in [6.07, 6.45) is 1.94. The molecule has 0 atom stereocenters. The Morgan fingerprint density at radius 3 is 2.72 bits per heavy atom. The van der Waals surface area contributed by atoms with Crippen molar-refractivity contribution in [2.75, 3.05) is 19.3 Å². The molecule has 0 aromatic carbocycles. The molecule has 1 aromatic rings. The fraction of sp³-hybridized carbons (Fsp3) is 0.727. The molecule has 0 bridgehead atoms. The fourth-order valence-electron chi connectivity index (χ4n) is 1.70. The molecule has 0 amide bonds. The summed E-state index contributed by atoms with van der Waals surface area (Å²) < 4.78 is 26.1. The van der Waals surface area contributed by atoms with Gasteiger partial charge in [-0.1, -0.05) is 0 Å². The van der Waals surface area contributed by atoms with Crippen molar-refractivity contribution in [3.63, 3.8) is 0 Å². The number of aryl methyl sites for hydroxylation is 2. The Bertz CT molecular complexity index is 467. The van der Waals surface area contributed by atoms with Crippen LogP contribution in [0.25, 0.3) is 0 Å². The van der Waals surface area contributed by atoms with Crippen molar-refractivity contribution in [2.24, 2.45) is 0 Å². The predicted octanol–water partition coefficient (Wildman–Crippen LogP) is 0.240. The Morgan fingerprint density at radius 1 is 1.39 bits per heavy atom. The zero-order chi connectivity index (χ0) is 13.6. The van der Waals surface area contributed by atoms with Gasteiger partial charge in [0.2, 0.25) is 10.0 Å². The van der Waals surface area contributed by atoms with Crippen LogP contribution in [-0.2, 0) is 23.1 Å². The molecular weight excluding hydrogens is 252 g/mol.